The Balaban J connectivity index is 1.88. The van der Waals surface area contributed by atoms with Crippen LogP contribution in [0.5, 0.6) is 0 Å². The van der Waals surface area contributed by atoms with Gasteiger partial charge in [-0.1, -0.05) is 6.07 Å². The minimum Gasteiger partial charge on any atom is -0.443 e. The van der Waals surface area contributed by atoms with Gasteiger partial charge >= 0.3 is 0 Å². The summed E-state index contributed by atoms with van der Waals surface area (Å²) in [7, 11) is 0. The molecule has 1 fully saturated rings. The van der Waals surface area contributed by atoms with Crippen molar-refractivity contribution in [1.82, 2.24) is 10.3 Å². The summed E-state index contributed by atoms with van der Waals surface area (Å²) in [5.74, 6) is 0.801. The van der Waals surface area contributed by atoms with Crippen LogP contribution in [0.15, 0.2) is 29.0 Å². The molecule has 3 nitrogen and oxygen atoms in total. The second-order valence-electron chi connectivity index (χ2n) is 3.88. The molecule has 0 saturated carbocycles. The van der Waals surface area contributed by atoms with Gasteiger partial charge < -0.3 is 9.73 Å². The SMILES string of the molecule is c1nc2ccc(CC3CNC3)cc2o1. The lowest BCUT2D eigenvalue weighted by atomic mass is 9.94. The third-order valence-corrected chi connectivity index (χ3v) is 2.79. The Morgan fingerprint density at radius 1 is 1.43 bits per heavy atom. The molecular formula is C11H12N2O. The minimum atomic E-state index is 0.801. The van der Waals surface area contributed by atoms with Crippen molar-refractivity contribution >= 4 is 11.1 Å². The third-order valence-electron chi connectivity index (χ3n) is 2.79. The fourth-order valence-electron chi connectivity index (χ4n) is 1.85. The third kappa shape index (κ3) is 1.30. The van der Waals surface area contributed by atoms with Gasteiger partial charge in [0.2, 0.25) is 0 Å². The zero-order valence-electron chi connectivity index (χ0n) is 7.86. The van der Waals surface area contributed by atoms with E-state index in [0.717, 1.165) is 36.5 Å². The largest absolute Gasteiger partial charge is 0.443 e. The van der Waals surface area contributed by atoms with Crippen LogP contribution < -0.4 is 5.32 Å². The second kappa shape index (κ2) is 3.10. The average molecular weight is 188 g/mol. The number of aromatic nitrogens is 1. The van der Waals surface area contributed by atoms with Crippen LogP contribution in [0.4, 0.5) is 0 Å². The maximum atomic E-state index is 5.27. The Bertz CT molecular complexity index is 445. The summed E-state index contributed by atoms with van der Waals surface area (Å²) in [4.78, 5) is 4.09. The van der Waals surface area contributed by atoms with Gasteiger partial charge in [0.05, 0.1) is 0 Å². The quantitative estimate of drug-likeness (QED) is 0.777. The summed E-state index contributed by atoms with van der Waals surface area (Å²) in [5.41, 5.74) is 3.19. The number of oxazole rings is 1. The molecule has 0 atom stereocenters. The number of fused-ring (bicyclic) bond motifs is 1. The first-order valence-corrected chi connectivity index (χ1v) is 4.95. The fraction of sp³-hybridized carbons (Fsp3) is 0.364. The molecule has 0 spiro atoms. The predicted octanol–water partition coefficient (Wildman–Crippen LogP) is 1.59. The van der Waals surface area contributed by atoms with Gasteiger partial charge in [0.15, 0.2) is 12.0 Å². The summed E-state index contributed by atoms with van der Waals surface area (Å²) in [5, 5.41) is 3.28. The lowest BCUT2D eigenvalue weighted by Crippen LogP contribution is -2.43. The van der Waals surface area contributed by atoms with Gasteiger partial charge in [-0.05, 0) is 43.1 Å². The summed E-state index contributed by atoms with van der Waals surface area (Å²) in [6, 6.07) is 6.27. The topological polar surface area (TPSA) is 38.1 Å². The number of hydrogen-bond acceptors (Lipinski definition) is 3. The maximum absolute atomic E-state index is 5.27. The fourth-order valence-corrected chi connectivity index (χ4v) is 1.85. The van der Waals surface area contributed by atoms with Crippen LogP contribution in [-0.4, -0.2) is 18.1 Å². The number of hydrogen-bond donors (Lipinski definition) is 1. The first-order valence-electron chi connectivity index (χ1n) is 4.95. The Morgan fingerprint density at radius 3 is 3.14 bits per heavy atom. The van der Waals surface area contributed by atoms with Crippen LogP contribution in [0, 0.1) is 5.92 Å². The van der Waals surface area contributed by atoms with Crippen molar-refractivity contribution in [2.75, 3.05) is 13.1 Å². The van der Waals surface area contributed by atoms with Crippen LogP contribution in [0.2, 0.25) is 0 Å². The highest BCUT2D eigenvalue weighted by Crippen LogP contribution is 2.18. The van der Waals surface area contributed by atoms with Crippen LogP contribution in [0.1, 0.15) is 5.56 Å². The molecule has 1 aromatic heterocycles. The zero-order valence-corrected chi connectivity index (χ0v) is 7.86. The zero-order chi connectivity index (χ0) is 9.38. The van der Waals surface area contributed by atoms with E-state index < -0.39 is 0 Å². The highest BCUT2D eigenvalue weighted by molar-refractivity contribution is 5.72. The Kier molecular flexibility index (Phi) is 1.77. The molecule has 1 saturated heterocycles. The molecule has 0 aliphatic carbocycles. The summed E-state index contributed by atoms with van der Waals surface area (Å²) in [6.07, 6.45) is 2.64. The number of rotatable bonds is 2. The van der Waals surface area contributed by atoms with E-state index >= 15 is 0 Å². The predicted molar refractivity (Wildman–Crippen MR) is 54.1 cm³/mol. The molecule has 0 bridgehead atoms. The maximum Gasteiger partial charge on any atom is 0.181 e. The van der Waals surface area contributed by atoms with Gasteiger partial charge in [-0.2, -0.15) is 0 Å². The number of nitrogens with one attached hydrogen (secondary N) is 1. The van der Waals surface area contributed by atoms with Crippen molar-refractivity contribution < 1.29 is 4.42 Å². The molecule has 1 aliphatic rings. The van der Waals surface area contributed by atoms with E-state index in [1.54, 1.807) is 0 Å². The summed E-state index contributed by atoms with van der Waals surface area (Å²) in [6.45, 7) is 2.29. The molecule has 1 N–H and O–H groups in total. The van der Waals surface area contributed by atoms with Crippen LogP contribution in [0.3, 0.4) is 0 Å². The molecule has 1 aliphatic heterocycles. The highest BCUT2D eigenvalue weighted by Gasteiger charge is 2.17. The van der Waals surface area contributed by atoms with Crippen LogP contribution in [0.25, 0.3) is 11.1 Å². The Labute approximate surface area is 82.1 Å². The molecule has 2 heterocycles. The van der Waals surface area contributed by atoms with Crippen molar-refractivity contribution in [3.63, 3.8) is 0 Å². The number of benzene rings is 1. The van der Waals surface area contributed by atoms with Crippen LogP contribution >= 0.6 is 0 Å². The van der Waals surface area contributed by atoms with E-state index in [9.17, 15) is 0 Å². The molecule has 14 heavy (non-hydrogen) atoms. The highest BCUT2D eigenvalue weighted by atomic mass is 16.3. The molecule has 0 unspecified atom stereocenters. The lowest BCUT2D eigenvalue weighted by Gasteiger charge is -2.26. The summed E-state index contributed by atoms with van der Waals surface area (Å²) < 4.78 is 5.27. The van der Waals surface area contributed by atoms with Crippen molar-refractivity contribution in [2.45, 2.75) is 6.42 Å². The van der Waals surface area contributed by atoms with Gasteiger partial charge in [-0.3, -0.25) is 0 Å². The normalized spacial score (nSPS) is 17.1. The minimum absolute atomic E-state index is 0.801. The summed E-state index contributed by atoms with van der Waals surface area (Å²) >= 11 is 0. The van der Waals surface area contributed by atoms with E-state index in [-0.39, 0.29) is 0 Å². The molecular weight excluding hydrogens is 176 g/mol. The molecule has 3 heteroatoms. The number of nitrogens with zero attached hydrogens (tertiary/aromatic N) is 1. The molecule has 2 aromatic rings. The van der Waals surface area contributed by atoms with Crippen molar-refractivity contribution in [3.05, 3.63) is 30.2 Å². The lowest BCUT2D eigenvalue weighted by molar-refractivity contribution is 0.346. The average Bonchev–Trinajstić information content (AvgIpc) is 2.58. The van der Waals surface area contributed by atoms with Crippen LogP contribution in [-0.2, 0) is 6.42 Å². The van der Waals surface area contributed by atoms with E-state index in [1.165, 1.54) is 12.0 Å². The van der Waals surface area contributed by atoms with Crippen molar-refractivity contribution in [2.24, 2.45) is 5.92 Å². The monoisotopic (exact) mass is 188 g/mol. The van der Waals surface area contributed by atoms with Crippen molar-refractivity contribution in [1.29, 1.82) is 0 Å². The Morgan fingerprint density at radius 2 is 2.36 bits per heavy atom. The van der Waals surface area contributed by atoms with Gasteiger partial charge in [0.25, 0.3) is 0 Å². The van der Waals surface area contributed by atoms with E-state index in [1.807, 2.05) is 6.07 Å². The van der Waals surface area contributed by atoms with Gasteiger partial charge in [0, 0.05) is 0 Å². The standard InChI is InChI=1S/C11H12N2O/c1-2-10-11(14-7-13-10)4-8(1)3-9-5-12-6-9/h1-2,4,7,9,12H,3,5-6H2. The molecule has 0 amide bonds. The molecule has 1 aromatic carbocycles. The first kappa shape index (κ1) is 8.00. The first-order chi connectivity index (χ1) is 6.92. The van der Waals surface area contributed by atoms with Gasteiger partial charge in [-0.25, -0.2) is 4.98 Å². The molecule has 72 valence electrons. The van der Waals surface area contributed by atoms with Gasteiger partial charge in [0.1, 0.15) is 5.52 Å². The van der Waals surface area contributed by atoms with Gasteiger partial charge in [-0.15, -0.1) is 0 Å². The molecule has 3 rings (SSSR count). The second-order valence-corrected chi connectivity index (χ2v) is 3.88. The smallest absolute Gasteiger partial charge is 0.181 e. The Hall–Kier alpha value is -1.35. The molecule has 0 radical (unpaired) electrons. The van der Waals surface area contributed by atoms with E-state index in [2.05, 4.69) is 22.4 Å². The van der Waals surface area contributed by atoms with E-state index in [4.69, 9.17) is 4.42 Å². The van der Waals surface area contributed by atoms with E-state index in [0.29, 0.717) is 0 Å². The van der Waals surface area contributed by atoms with Crippen molar-refractivity contribution in [3.8, 4) is 0 Å².